The first-order chi connectivity index (χ1) is 7.95. The minimum absolute atomic E-state index is 0.141. The van der Waals surface area contributed by atoms with Crippen molar-refractivity contribution in [3.8, 4) is 5.75 Å². The van der Waals surface area contributed by atoms with Gasteiger partial charge in [0.1, 0.15) is 5.75 Å². The summed E-state index contributed by atoms with van der Waals surface area (Å²) in [6, 6.07) is 4.27. The quantitative estimate of drug-likeness (QED) is 0.598. The second-order valence-electron chi connectivity index (χ2n) is 3.34. The number of hydrogen-bond acceptors (Lipinski definition) is 5. The van der Waals surface area contributed by atoms with Crippen molar-refractivity contribution in [2.75, 3.05) is 12.8 Å². The minimum Gasteiger partial charge on any atom is -0.479 e. The maximum atomic E-state index is 11.3. The summed E-state index contributed by atoms with van der Waals surface area (Å²) in [6.07, 6.45) is -1.05. The van der Waals surface area contributed by atoms with Crippen molar-refractivity contribution in [1.82, 2.24) is 0 Å². The highest BCUT2D eigenvalue weighted by molar-refractivity contribution is 5.90. The zero-order valence-electron chi connectivity index (χ0n) is 9.47. The van der Waals surface area contributed by atoms with Crippen LogP contribution < -0.4 is 10.5 Å². The fourth-order valence-electron chi connectivity index (χ4n) is 1.12. The molecule has 1 unspecified atom stereocenters. The van der Waals surface area contributed by atoms with Crippen molar-refractivity contribution >= 4 is 17.6 Å². The van der Waals surface area contributed by atoms with Crippen LogP contribution in [-0.4, -0.2) is 30.3 Å². The average molecular weight is 239 g/mol. The van der Waals surface area contributed by atoms with Crippen LogP contribution in [0, 0.1) is 0 Å². The smallest absolute Gasteiger partial charge is 0.344 e. The van der Waals surface area contributed by atoms with Gasteiger partial charge in [-0.15, -0.1) is 0 Å². The molecule has 6 nitrogen and oxygen atoms in total. The first-order valence-electron chi connectivity index (χ1n) is 4.83. The van der Waals surface area contributed by atoms with Gasteiger partial charge in [-0.3, -0.25) is 0 Å². The Morgan fingerprint density at radius 3 is 2.59 bits per heavy atom. The lowest BCUT2D eigenvalue weighted by molar-refractivity contribution is -0.144. The number of esters is 1. The highest BCUT2D eigenvalue weighted by Gasteiger charge is 2.16. The molecular formula is C11H13NO5. The third-order valence-corrected chi connectivity index (χ3v) is 2.09. The standard InChI is InChI=1S/C11H13NO5/c1-6(10(13)14)17-9-5-7(11(15)16-2)3-4-8(9)12/h3-6H,12H2,1-2H3,(H,13,14). The summed E-state index contributed by atoms with van der Waals surface area (Å²) in [6.45, 7) is 1.37. The van der Waals surface area contributed by atoms with Gasteiger partial charge in [0.2, 0.25) is 0 Å². The van der Waals surface area contributed by atoms with Gasteiger partial charge in [0.05, 0.1) is 18.4 Å². The van der Waals surface area contributed by atoms with Gasteiger partial charge in [-0.1, -0.05) is 0 Å². The minimum atomic E-state index is -1.12. The molecule has 0 radical (unpaired) electrons. The molecule has 0 aromatic heterocycles. The summed E-state index contributed by atoms with van der Waals surface area (Å²) < 4.78 is 9.64. The molecule has 1 atom stereocenters. The number of carbonyl (C=O) groups excluding carboxylic acids is 1. The molecule has 3 N–H and O–H groups in total. The Morgan fingerprint density at radius 1 is 1.41 bits per heavy atom. The molecule has 92 valence electrons. The molecule has 0 fully saturated rings. The van der Waals surface area contributed by atoms with E-state index in [-0.39, 0.29) is 17.0 Å². The van der Waals surface area contributed by atoms with E-state index in [2.05, 4.69) is 4.74 Å². The molecule has 17 heavy (non-hydrogen) atoms. The lowest BCUT2D eigenvalue weighted by Crippen LogP contribution is -2.23. The number of carbonyl (C=O) groups is 2. The first kappa shape index (κ1) is 12.8. The first-order valence-corrected chi connectivity index (χ1v) is 4.83. The molecule has 0 amide bonds. The van der Waals surface area contributed by atoms with Crippen molar-refractivity contribution < 1.29 is 24.2 Å². The largest absolute Gasteiger partial charge is 0.479 e. The zero-order chi connectivity index (χ0) is 13.0. The summed E-state index contributed by atoms with van der Waals surface area (Å²) in [5, 5.41) is 8.70. The van der Waals surface area contributed by atoms with E-state index in [1.807, 2.05) is 0 Å². The van der Waals surface area contributed by atoms with Crippen molar-refractivity contribution in [3.63, 3.8) is 0 Å². The number of rotatable bonds is 4. The van der Waals surface area contributed by atoms with Crippen LogP contribution in [0.2, 0.25) is 0 Å². The van der Waals surface area contributed by atoms with E-state index in [0.29, 0.717) is 0 Å². The number of benzene rings is 1. The molecule has 0 aliphatic rings. The van der Waals surface area contributed by atoms with E-state index < -0.39 is 18.0 Å². The molecule has 0 aliphatic carbocycles. The fraction of sp³-hybridized carbons (Fsp3) is 0.273. The summed E-state index contributed by atoms with van der Waals surface area (Å²) in [4.78, 5) is 21.9. The molecule has 1 aromatic carbocycles. The number of nitrogen functional groups attached to an aromatic ring is 1. The number of nitrogens with two attached hydrogens (primary N) is 1. The van der Waals surface area contributed by atoms with Crippen LogP contribution >= 0.6 is 0 Å². The van der Waals surface area contributed by atoms with E-state index >= 15 is 0 Å². The third-order valence-electron chi connectivity index (χ3n) is 2.09. The Balaban J connectivity index is 2.98. The second kappa shape index (κ2) is 5.20. The Hall–Kier alpha value is -2.24. The highest BCUT2D eigenvalue weighted by Crippen LogP contribution is 2.24. The van der Waals surface area contributed by atoms with Gasteiger partial charge in [0.15, 0.2) is 6.10 Å². The van der Waals surface area contributed by atoms with Gasteiger partial charge >= 0.3 is 11.9 Å². The van der Waals surface area contributed by atoms with Gasteiger partial charge in [0, 0.05) is 0 Å². The summed E-state index contributed by atoms with van der Waals surface area (Å²) >= 11 is 0. The Morgan fingerprint density at radius 2 is 2.06 bits per heavy atom. The number of hydrogen-bond donors (Lipinski definition) is 2. The topological polar surface area (TPSA) is 98.9 Å². The van der Waals surface area contributed by atoms with Crippen molar-refractivity contribution in [1.29, 1.82) is 0 Å². The van der Waals surface area contributed by atoms with Crippen LogP contribution in [0.15, 0.2) is 18.2 Å². The lowest BCUT2D eigenvalue weighted by atomic mass is 10.2. The number of carboxylic acids is 1. The number of ether oxygens (including phenoxy) is 2. The fourth-order valence-corrected chi connectivity index (χ4v) is 1.12. The lowest BCUT2D eigenvalue weighted by Gasteiger charge is -2.13. The molecule has 0 saturated carbocycles. The molecule has 0 bridgehead atoms. The van der Waals surface area contributed by atoms with Crippen molar-refractivity contribution in [2.45, 2.75) is 13.0 Å². The van der Waals surface area contributed by atoms with Crippen LogP contribution in [0.4, 0.5) is 5.69 Å². The van der Waals surface area contributed by atoms with Crippen LogP contribution in [0.3, 0.4) is 0 Å². The van der Waals surface area contributed by atoms with E-state index in [1.54, 1.807) is 0 Å². The van der Waals surface area contributed by atoms with Crippen molar-refractivity contribution in [2.24, 2.45) is 0 Å². The highest BCUT2D eigenvalue weighted by atomic mass is 16.5. The molecular weight excluding hydrogens is 226 g/mol. The number of carboxylic acid groups (broad SMARTS) is 1. The Kier molecular flexibility index (Phi) is 3.92. The molecule has 1 rings (SSSR count). The molecule has 6 heteroatoms. The monoisotopic (exact) mass is 239 g/mol. The molecule has 0 saturated heterocycles. The third kappa shape index (κ3) is 3.10. The average Bonchev–Trinajstić information content (AvgIpc) is 2.30. The number of aliphatic carboxylic acids is 1. The van der Waals surface area contributed by atoms with E-state index in [1.165, 1.54) is 32.2 Å². The number of methoxy groups -OCH3 is 1. The maximum Gasteiger partial charge on any atom is 0.344 e. The van der Waals surface area contributed by atoms with Crippen molar-refractivity contribution in [3.05, 3.63) is 23.8 Å². The van der Waals surface area contributed by atoms with Crippen LogP contribution in [-0.2, 0) is 9.53 Å². The SMILES string of the molecule is COC(=O)c1ccc(N)c(OC(C)C(=O)O)c1. The predicted octanol–water partition coefficient (Wildman–Crippen LogP) is 0.907. The van der Waals surface area contributed by atoms with Gasteiger partial charge in [-0.2, -0.15) is 0 Å². The molecule has 0 heterocycles. The second-order valence-corrected chi connectivity index (χ2v) is 3.34. The normalized spacial score (nSPS) is 11.6. The van der Waals surface area contributed by atoms with Gasteiger partial charge < -0.3 is 20.3 Å². The molecule has 1 aromatic rings. The van der Waals surface area contributed by atoms with Crippen LogP contribution in [0.5, 0.6) is 5.75 Å². The van der Waals surface area contributed by atoms with E-state index in [0.717, 1.165) is 0 Å². The Labute approximate surface area is 97.9 Å². The van der Waals surface area contributed by atoms with Gasteiger partial charge in [0.25, 0.3) is 0 Å². The van der Waals surface area contributed by atoms with Gasteiger partial charge in [-0.05, 0) is 25.1 Å². The maximum absolute atomic E-state index is 11.3. The van der Waals surface area contributed by atoms with Crippen LogP contribution in [0.1, 0.15) is 17.3 Å². The summed E-state index contributed by atoms with van der Waals surface area (Å²) in [7, 11) is 1.25. The van der Waals surface area contributed by atoms with Gasteiger partial charge in [-0.25, -0.2) is 9.59 Å². The Bertz CT molecular complexity index is 443. The predicted molar refractivity (Wildman–Crippen MR) is 59.9 cm³/mol. The van der Waals surface area contributed by atoms with Crippen LogP contribution in [0.25, 0.3) is 0 Å². The summed E-state index contributed by atoms with van der Waals surface area (Å²) in [5.74, 6) is -1.52. The molecule has 0 spiro atoms. The zero-order valence-corrected chi connectivity index (χ0v) is 9.47. The van der Waals surface area contributed by atoms with E-state index in [4.69, 9.17) is 15.6 Å². The number of anilines is 1. The van der Waals surface area contributed by atoms with E-state index in [9.17, 15) is 9.59 Å². The molecule has 0 aliphatic heterocycles. The summed E-state index contributed by atoms with van der Waals surface area (Å²) in [5.41, 5.74) is 6.11.